The zero-order valence-electron chi connectivity index (χ0n) is 11.6. The molecule has 1 aromatic heterocycles. The van der Waals surface area contributed by atoms with Crippen LogP contribution in [0.2, 0.25) is 0 Å². The van der Waals surface area contributed by atoms with Gasteiger partial charge in [-0.2, -0.15) is 13.2 Å². The number of hydrogen-bond acceptors (Lipinski definition) is 4. The highest BCUT2D eigenvalue weighted by Gasteiger charge is 2.29. The van der Waals surface area contributed by atoms with E-state index in [0.29, 0.717) is 10.4 Å². The lowest BCUT2D eigenvalue weighted by Crippen LogP contribution is -2.25. The van der Waals surface area contributed by atoms with Crippen molar-refractivity contribution < 1.29 is 22.5 Å². The maximum Gasteiger partial charge on any atom is 0.422 e. The molecule has 0 aliphatic heterocycles. The summed E-state index contributed by atoms with van der Waals surface area (Å²) in [5.74, 6) is 0. The number of alkyl halides is 3. The molecule has 0 aliphatic carbocycles. The van der Waals surface area contributed by atoms with Crippen LogP contribution in [0.15, 0.2) is 10.5 Å². The van der Waals surface area contributed by atoms with Gasteiger partial charge in [-0.25, -0.2) is 0 Å². The monoisotopic (exact) mass is 327 g/mol. The van der Waals surface area contributed by atoms with Crippen molar-refractivity contribution in [2.24, 2.45) is 4.40 Å². The third-order valence-electron chi connectivity index (χ3n) is 2.06. The van der Waals surface area contributed by atoms with Gasteiger partial charge in [0, 0.05) is 5.56 Å². The van der Waals surface area contributed by atoms with Crippen LogP contribution >= 0.6 is 11.3 Å². The molecule has 0 spiro atoms. The number of halogens is 3. The first kappa shape index (κ1) is 17.3. The summed E-state index contributed by atoms with van der Waals surface area (Å²) in [7, 11) is 0. The Bertz CT molecular complexity index is 478. The summed E-state index contributed by atoms with van der Waals surface area (Å²) in [5.41, 5.74) is 0.599. The first-order chi connectivity index (χ1) is 8.99. The molecular formula is C12H16F3NO2S2. The molecule has 3 nitrogen and oxygen atoms in total. The van der Waals surface area contributed by atoms with Crippen LogP contribution in [0.25, 0.3) is 0 Å². The molecule has 1 atom stereocenters. The Morgan fingerprint density at radius 3 is 2.50 bits per heavy atom. The van der Waals surface area contributed by atoms with E-state index in [4.69, 9.17) is 4.74 Å². The van der Waals surface area contributed by atoms with Crippen molar-refractivity contribution in [2.45, 2.75) is 38.6 Å². The standard InChI is InChI=1S/C12H16F3NO2S2/c1-8-5-9(6-16-20(17)11(2,3)4)19-10(8)18-7-12(13,14)15/h5-6H,7H2,1-4H3/b16-6-. The molecule has 0 aliphatic rings. The third-order valence-corrected chi connectivity index (χ3v) is 4.49. The summed E-state index contributed by atoms with van der Waals surface area (Å²) < 4.78 is 56.1. The quantitative estimate of drug-likeness (QED) is 0.622. The van der Waals surface area contributed by atoms with Crippen molar-refractivity contribution in [1.82, 2.24) is 0 Å². The summed E-state index contributed by atoms with van der Waals surface area (Å²) in [6, 6.07) is 1.65. The van der Waals surface area contributed by atoms with Gasteiger partial charge >= 0.3 is 6.18 Å². The fourth-order valence-electron chi connectivity index (χ4n) is 1.10. The SMILES string of the molecule is Cc1cc(/C=N\[S+]([O-])C(C)(C)C)sc1OCC(F)(F)F. The van der Waals surface area contributed by atoms with Gasteiger partial charge in [-0.3, -0.25) is 0 Å². The Morgan fingerprint density at radius 1 is 1.40 bits per heavy atom. The molecule has 114 valence electrons. The highest BCUT2D eigenvalue weighted by molar-refractivity contribution is 7.91. The fraction of sp³-hybridized carbons (Fsp3) is 0.583. The van der Waals surface area contributed by atoms with E-state index in [-0.39, 0.29) is 5.06 Å². The number of aryl methyl sites for hydroxylation is 1. The molecule has 8 heteroatoms. The summed E-state index contributed by atoms with van der Waals surface area (Å²) >= 11 is -0.351. The molecule has 0 saturated carbocycles. The summed E-state index contributed by atoms with van der Waals surface area (Å²) in [6.45, 7) is 5.70. The molecule has 20 heavy (non-hydrogen) atoms. The second kappa shape index (κ2) is 6.36. The van der Waals surface area contributed by atoms with Crippen LogP contribution in [0, 0.1) is 6.92 Å². The lowest BCUT2D eigenvalue weighted by Gasteiger charge is -2.17. The number of ether oxygens (including phenoxy) is 1. The van der Waals surface area contributed by atoms with Gasteiger partial charge in [-0.05, 0) is 33.8 Å². The second-order valence-corrected chi connectivity index (χ2v) is 8.10. The fourth-order valence-corrected chi connectivity index (χ4v) is 2.59. The third kappa shape index (κ3) is 5.72. The van der Waals surface area contributed by atoms with Crippen LogP contribution in [0.5, 0.6) is 5.06 Å². The topological polar surface area (TPSA) is 44.7 Å². The Morgan fingerprint density at radius 2 is 2.00 bits per heavy atom. The predicted molar refractivity (Wildman–Crippen MR) is 76.1 cm³/mol. The molecule has 0 amide bonds. The van der Waals surface area contributed by atoms with E-state index in [1.165, 1.54) is 6.21 Å². The largest absolute Gasteiger partial charge is 0.591 e. The van der Waals surface area contributed by atoms with E-state index in [2.05, 4.69) is 4.40 Å². The molecule has 0 aromatic carbocycles. The van der Waals surface area contributed by atoms with Gasteiger partial charge in [0.15, 0.2) is 11.7 Å². The van der Waals surface area contributed by atoms with E-state index >= 15 is 0 Å². The Balaban J connectivity index is 2.73. The van der Waals surface area contributed by atoms with Crippen LogP contribution in [0.1, 0.15) is 31.2 Å². The zero-order valence-corrected chi connectivity index (χ0v) is 13.2. The summed E-state index contributed by atoms with van der Waals surface area (Å²) in [4.78, 5) is 0.609. The molecular weight excluding hydrogens is 311 g/mol. The molecule has 1 rings (SSSR count). The first-order valence-corrected chi connectivity index (χ1v) is 7.67. The molecule has 0 bridgehead atoms. The van der Waals surface area contributed by atoms with Crippen LogP contribution in [-0.2, 0) is 11.4 Å². The average Bonchev–Trinajstić information content (AvgIpc) is 2.62. The highest BCUT2D eigenvalue weighted by Crippen LogP contribution is 2.30. The molecule has 0 saturated heterocycles. The van der Waals surface area contributed by atoms with E-state index in [1.54, 1.807) is 33.8 Å². The first-order valence-electron chi connectivity index (χ1n) is 5.75. The maximum atomic E-state index is 12.1. The van der Waals surface area contributed by atoms with Crippen molar-refractivity contribution >= 4 is 28.9 Å². The smallest absolute Gasteiger partial charge is 0.422 e. The van der Waals surface area contributed by atoms with Crippen molar-refractivity contribution in [1.29, 1.82) is 0 Å². The van der Waals surface area contributed by atoms with Gasteiger partial charge in [0.2, 0.25) is 0 Å². The van der Waals surface area contributed by atoms with Crippen molar-refractivity contribution in [3.63, 3.8) is 0 Å². The average molecular weight is 327 g/mol. The van der Waals surface area contributed by atoms with Gasteiger partial charge in [0.25, 0.3) is 0 Å². The van der Waals surface area contributed by atoms with Crippen molar-refractivity contribution in [3.05, 3.63) is 16.5 Å². The van der Waals surface area contributed by atoms with Gasteiger partial charge in [-0.1, -0.05) is 15.7 Å². The van der Waals surface area contributed by atoms with Gasteiger partial charge < -0.3 is 9.29 Å². The van der Waals surface area contributed by atoms with Gasteiger partial charge in [-0.15, -0.1) is 0 Å². The lowest BCUT2D eigenvalue weighted by atomic mass is 10.3. The Kier molecular flexibility index (Phi) is 5.51. The predicted octanol–water partition coefficient (Wildman–Crippen LogP) is 3.88. The summed E-state index contributed by atoms with van der Waals surface area (Å²) in [6.07, 6.45) is -2.96. The second-order valence-electron chi connectivity index (χ2n) is 5.12. The van der Waals surface area contributed by atoms with E-state index in [1.807, 2.05) is 0 Å². The van der Waals surface area contributed by atoms with Gasteiger partial charge in [0.05, 0.1) is 11.1 Å². The lowest BCUT2D eigenvalue weighted by molar-refractivity contribution is -0.153. The minimum atomic E-state index is -4.36. The molecule has 1 heterocycles. The highest BCUT2D eigenvalue weighted by atomic mass is 32.2. The Labute approximate surface area is 123 Å². The molecule has 0 N–H and O–H groups in total. The van der Waals surface area contributed by atoms with E-state index in [0.717, 1.165) is 11.3 Å². The van der Waals surface area contributed by atoms with Crippen molar-refractivity contribution in [2.75, 3.05) is 6.61 Å². The van der Waals surface area contributed by atoms with Crippen LogP contribution in [-0.4, -0.2) is 28.3 Å². The summed E-state index contributed by atoms with van der Waals surface area (Å²) in [5, 5.41) is 0.199. The molecule has 1 aromatic rings. The molecule has 0 fully saturated rings. The van der Waals surface area contributed by atoms with Gasteiger partial charge in [0.1, 0.15) is 16.1 Å². The van der Waals surface area contributed by atoms with Crippen molar-refractivity contribution in [3.8, 4) is 5.06 Å². The normalized spacial score (nSPS) is 14.8. The van der Waals surface area contributed by atoms with Crippen LogP contribution < -0.4 is 4.74 Å². The van der Waals surface area contributed by atoms with E-state index in [9.17, 15) is 17.7 Å². The maximum absolute atomic E-state index is 12.1. The zero-order chi connectivity index (χ0) is 15.6. The Hall–Kier alpha value is -0.730. The molecule has 0 radical (unpaired) electrons. The van der Waals surface area contributed by atoms with Crippen LogP contribution in [0.3, 0.4) is 0 Å². The minimum Gasteiger partial charge on any atom is -0.591 e. The minimum absolute atomic E-state index is 0.199. The number of nitrogens with zero attached hydrogens (tertiary/aromatic N) is 1. The molecule has 1 unspecified atom stereocenters. The number of hydrogen-bond donors (Lipinski definition) is 0. The number of rotatable bonds is 4. The number of thiophene rings is 1. The van der Waals surface area contributed by atoms with Crippen LogP contribution in [0.4, 0.5) is 13.2 Å². The van der Waals surface area contributed by atoms with E-state index < -0.39 is 28.9 Å².